The fourth-order valence-corrected chi connectivity index (χ4v) is 2.99. The molecule has 1 atom stereocenters. The van der Waals surface area contributed by atoms with Gasteiger partial charge in [0.15, 0.2) is 6.29 Å². The zero-order valence-corrected chi connectivity index (χ0v) is 14.1. The molecule has 0 N–H and O–H groups in total. The van der Waals surface area contributed by atoms with Gasteiger partial charge < -0.3 is 9.53 Å². The summed E-state index contributed by atoms with van der Waals surface area (Å²) in [5.74, 6) is 0. The summed E-state index contributed by atoms with van der Waals surface area (Å²) in [4.78, 5) is 25.7. The van der Waals surface area contributed by atoms with Gasteiger partial charge in [0.25, 0.3) is 0 Å². The van der Waals surface area contributed by atoms with Crippen molar-refractivity contribution in [3.05, 3.63) is 20.8 Å². The lowest BCUT2D eigenvalue weighted by atomic mass is 10.0. The third-order valence-electron chi connectivity index (χ3n) is 2.66. The molecule has 19 heavy (non-hydrogen) atoms. The normalized spacial score (nSPS) is 14.6. The maximum atomic E-state index is 12.1. The highest BCUT2D eigenvalue weighted by Gasteiger charge is 2.37. The predicted octanol–water partition coefficient (Wildman–Crippen LogP) is 3.79. The second-order valence-electron chi connectivity index (χ2n) is 5.43. The Balaban J connectivity index is 3.02. The molecule has 0 radical (unpaired) electrons. The summed E-state index contributed by atoms with van der Waals surface area (Å²) in [7, 11) is 1.57. The molecule has 1 unspecified atom stereocenters. The summed E-state index contributed by atoms with van der Waals surface area (Å²) in [5, 5.41) is 1.88. The van der Waals surface area contributed by atoms with E-state index >= 15 is 0 Å². The number of hydrogen-bond acceptors (Lipinski definition) is 4. The fraction of sp³-hybridized carbons (Fsp3) is 0.538. The van der Waals surface area contributed by atoms with Crippen LogP contribution in [0.2, 0.25) is 0 Å². The van der Waals surface area contributed by atoms with E-state index in [0.29, 0.717) is 0 Å². The summed E-state index contributed by atoms with van der Waals surface area (Å²) < 4.78 is 6.18. The Hall–Kier alpha value is -0.880. The summed E-state index contributed by atoms with van der Waals surface area (Å²) >= 11 is 4.77. The lowest BCUT2D eigenvalue weighted by Gasteiger charge is -2.34. The Morgan fingerprint density at radius 1 is 1.42 bits per heavy atom. The number of rotatable bonds is 3. The molecule has 4 nitrogen and oxygen atoms in total. The number of aldehydes is 1. The average Bonchev–Trinajstić information content (AvgIpc) is 2.72. The van der Waals surface area contributed by atoms with Crippen LogP contribution in [-0.2, 0) is 15.1 Å². The molecule has 0 bridgehead atoms. The largest absolute Gasteiger partial charge is 0.444 e. The smallest absolute Gasteiger partial charge is 0.411 e. The van der Waals surface area contributed by atoms with Crippen LogP contribution in [0.4, 0.5) is 4.79 Å². The Kier molecular flexibility index (Phi) is 4.79. The predicted molar refractivity (Wildman–Crippen MR) is 79.4 cm³/mol. The number of amides is 1. The standard InChI is InChI=1S/C13H18BrNO3S/c1-12(2,3)18-11(17)15(5)13(4,8-16)10-6-9(14)7-19-10/h6-8H,1-5H3. The zero-order chi connectivity index (χ0) is 14.8. The van der Waals surface area contributed by atoms with Crippen molar-refractivity contribution < 1.29 is 14.3 Å². The van der Waals surface area contributed by atoms with E-state index in [9.17, 15) is 9.59 Å². The van der Waals surface area contributed by atoms with Crippen LogP contribution in [0.25, 0.3) is 0 Å². The van der Waals surface area contributed by atoms with Crippen molar-refractivity contribution in [1.29, 1.82) is 0 Å². The number of carbonyl (C=O) groups excluding carboxylic acids is 2. The zero-order valence-electron chi connectivity index (χ0n) is 11.7. The summed E-state index contributed by atoms with van der Waals surface area (Å²) in [6, 6.07) is 1.83. The second-order valence-corrected chi connectivity index (χ2v) is 7.26. The third kappa shape index (κ3) is 3.79. The first-order valence-corrected chi connectivity index (χ1v) is 7.45. The number of hydrogen-bond donors (Lipinski definition) is 0. The van der Waals surface area contributed by atoms with Crippen LogP contribution in [0.5, 0.6) is 0 Å². The van der Waals surface area contributed by atoms with Crippen LogP contribution in [-0.4, -0.2) is 29.9 Å². The van der Waals surface area contributed by atoms with E-state index in [1.54, 1.807) is 34.7 Å². The van der Waals surface area contributed by atoms with Gasteiger partial charge in [-0.3, -0.25) is 4.90 Å². The number of ether oxygens (including phenoxy) is 1. The summed E-state index contributed by atoms with van der Waals surface area (Å²) in [6.07, 6.45) is 0.237. The Morgan fingerprint density at radius 2 is 2.00 bits per heavy atom. The van der Waals surface area contributed by atoms with Crippen molar-refractivity contribution in [3.8, 4) is 0 Å². The molecule has 0 aliphatic carbocycles. The molecule has 0 fully saturated rings. The molecule has 106 valence electrons. The van der Waals surface area contributed by atoms with Crippen molar-refractivity contribution >= 4 is 39.6 Å². The minimum absolute atomic E-state index is 0.522. The van der Waals surface area contributed by atoms with Gasteiger partial charge >= 0.3 is 6.09 Å². The van der Waals surface area contributed by atoms with Crippen LogP contribution in [0.1, 0.15) is 32.6 Å². The van der Waals surface area contributed by atoms with E-state index < -0.39 is 17.2 Å². The quantitative estimate of drug-likeness (QED) is 0.781. The van der Waals surface area contributed by atoms with Gasteiger partial charge in [-0.15, -0.1) is 11.3 Å². The lowest BCUT2D eigenvalue weighted by molar-refractivity contribution is -0.117. The van der Waals surface area contributed by atoms with E-state index in [-0.39, 0.29) is 0 Å². The summed E-state index contributed by atoms with van der Waals surface area (Å²) in [5.41, 5.74) is -1.62. The van der Waals surface area contributed by atoms with Gasteiger partial charge in [0.2, 0.25) is 0 Å². The molecule has 1 amide bonds. The molecule has 6 heteroatoms. The van der Waals surface area contributed by atoms with Gasteiger partial charge in [-0.1, -0.05) is 0 Å². The number of nitrogens with zero attached hydrogens (tertiary/aromatic N) is 1. The molecule has 0 saturated carbocycles. The lowest BCUT2D eigenvalue weighted by Crippen LogP contribution is -2.47. The van der Waals surface area contributed by atoms with Crippen LogP contribution in [0.15, 0.2) is 15.9 Å². The first-order valence-electron chi connectivity index (χ1n) is 5.78. The van der Waals surface area contributed by atoms with Crippen molar-refractivity contribution in [3.63, 3.8) is 0 Å². The number of carbonyl (C=O) groups is 2. The van der Waals surface area contributed by atoms with Gasteiger partial charge in [-0.25, -0.2) is 4.79 Å². The number of halogens is 1. The van der Waals surface area contributed by atoms with Crippen LogP contribution in [0.3, 0.4) is 0 Å². The minimum atomic E-state index is -1.03. The Labute approximate surface area is 125 Å². The average molecular weight is 348 g/mol. The molecule has 1 heterocycles. The van der Waals surface area contributed by atoms with Crippen LogP contribution < -0.4 is 0 Å². The highest BCUT2D eigenvalue weighted by atomic mass is 79.9. The maximum absolute atomic E-state index is 12.1. The summed E-state index contributed by atoms with van der Waals surface area (Å²) in [6.45, 7) is 7.07. The van der Waals surface area contributed by atoms with E-state index in [1.807, 2.05) is 11.4 Å². The van der Waals surface area contributed by atoms with Crippen molar-refractivity contribution in [2.24, 2.45) is 0 Å². The fourth-order valence-electron chi connectivity index (χ4n) is 1.40. The molecule has 0 saturated heterocycles. The van der Waals surface area contributed by atoms with Crippen LogP contribution in [0, 0.1) is 0 Å². The molecular formula is C13H18BrNO3S. The number of likely N-dealkylation sites (N-methyl/N-ethyl adjacent to an activating group) is 1. The van der Waals surface area contributed by atoms with E-state index in [0.717, 1.165) is 15.6 Å². The monoisotopic (exact) mass is 347 g/mol. The Morgan fingerprint density at radius 3 is 2.37 bits per heavy atom. The highest BCUT2D eigenvalue weighted by molar-refractivity contribution is 9.10. The topological polar surface area (TPSA) is 46.6 Å². The first kappa shape index (κ1) is 16.2. The highest BCUT2D eigenvalue weighted by Crippen LogP contribution is 2.33. The van der Waals surface area contributed by atoms with Crippen molar-refractivity contribution in [1.82, 2.24) is 4.90 Å². The van der Waals surface area contributed by atoms with Gasteiger partial charge in [0.1, 0.15) is 11.1 Å². The number of thiophene rings is 1. The van der Waals surface area contributed by atoms with Gasteiger partial charge in [-0.05, 0) is 49.7 Å². The van der Waals surface area contributed by atoms with Crippen LogP contribution >= 0.6 is 27.3 Å². The second kappa shape index (κ2) is 5.63. The van der Waals surface area contributed by atoms with E-state index in [2.05, 4.69) is 15.9 Å². The molecule has 0 aliphatic rings. The maximum Gasteiger partial charge on any atom is 0.411 e. The first-order chi connectivity index (χ1) is 8.60. The van der Waals surface area contributed by atoms with Gasteiger partial charge in [0, 0.05) is 21.8 Å². The molecule has 0 aliphatic heterocycles. The van der Waals surface area contributed by atoms with E-state index in [4.69, 9.17) is 4.74 Å². The SMILES string of the molecule is CN(C(=O)OC(C)(C)C)C(C)(C=O)c1cc(Br)cs1. The van der Waals surface area contributed by atoms with Crippen molar-refractivity contribution in [2.75, 3.05) is 7.05 Å². The van der Waals surface area contributed by atoms with Gasteiger partial charge in [-0.2, -0.15) is 0 Å². The molecule has 1 aromatic rings. The molecule has 0 spiro atoms. The van der Waals surface area contributed by atoms with Gasteiger partial charge in [0.05, 0.1) is 0 Å². The molecule has 0 aromatic carbocycles. The molecule has 1 rings (SSSR count). The van der Waals surface area contributed by atoms with E-state index in [1.165, 1.54) is 16.2 Å². The van der Waals surface area contributed by atoms with Crippen molar-refractivity contribution in [2.45, 2.75) is 38.8 Å². The molecular weight excluding hydrogens is 330 g/mol. The minimum Gasteiger partial charge on any atom is -0.444 e. The third-order valence-corrected chi connectivity index (χ3v) is 4.58. The Bertz CT molecular complexity index is 480. The molecule has 1 aromatic heterocycles.